The molecule has 0 atom stereocenters. The molecule has 2 heteroatoms. The molecule has 0 fully saturated rings. The summed E-state index contributed by atoms with van der Waals surface area (Å²) in [6.07, 6.45) is 1.69. The Labute approximate surface area is 108 Å². The first-order chi connectivity index (χ1) is 8.60. The zero-order valence-electron chi connectivity index (χ0n) is 10.8. The lowest BCUT2D eigenvalue weighted by Crippen LogP contribution is -1.92. The van der Waals surface area contributed by atoms with Crippen molar-refractivity contribution < 1.29 is 10.2 Å². The minimum atomic E-state index is 0.138. The highest BCUT2D eigenvalue weighted by Gasteiger charge is 2.07. The molecule has 0 radical (unpaired) electrons. The van der Waals surface area contributed by atoms with Gasteiger partial charge in [-0.25, -0.2) is 0 Å². The maximum absolute atomic E-state index is 9.84. The maximum atomic E-state index is 9.84. The number of aromatic hydroxyl groups is 2. The third-order valence-corrected chi connectivity index (χ3v) is 3.19. The van der Waals surface area contributed by atoms with E-state index in [0.717, 1.165) is 17.5 Å². The summed E-state index contributed by atoms with van der Waals surface area (Å²) in [6, 6.07) is 11.6. The molecule has 0 bridgehead atoms. The smallest absolute Gasteiger partial charge is 0.122 e. The normalized spacial score (nSPS) is 10.6. The largest absolute Gasteiger partial charge is 0.508 e. The van der Waals surface area contributed by atoms with Crippen LogP contribution in [0.4, 0.5) is 0 Å². The number of phenols is 2. The molecule has 2 aromatic rings. The quantitative estimate of drug-likeness (QED) is 0.864. The number of rotatable bonds is 3. The number of phenolic OH excluding ortho intramolecular Hbond substituents is 2. The van der Waals surface area contributed by atoms with Crippen LogP contribution in [0, 0.1) is 6.92 Å². The Kier molecular flexibility index (Phi) is 3.56. The Morgan fingerprint density at radius 3 is 2.39 bits per heavy atom. The molecule has 0 aromatic heterocycles. The SMILES string of the molecule is CCc1cccc(Cc2cc(C)c(O)cc2O)c1. The second-order valence-corrected chi connectivity index (χ2v) is 4.62. The van der Waals surface area contributed by atoms with Gasteiger partial charge in [-0.2, -0.15) is 0 Å². The molecule has 2 aromatic carbocycles. The summed E-state index contributed by atoms with van der Waals surface area (Å²) < 4.78 is 0. The molecular weight excluding hydrogens is 224 g/mol. The Morgan fingerprint density at radius 2 is 1.67 bits per heavy atom. The van der Waals surface area contributed by atoms with Crippen molar-refractivity contribution in [3.05, 3.63) is 58.7 Å². The third-order valence-electron chi connectivity index (χ3n) is 3.19. The van der Waals surface area contributed by atoms with E-state index in [1.165, 1.54) is 17.2 Å². The van der Waals surface area contributed by atoms with Crippen LogP contribution in [0.25, 0.3) is 0 Å². The molecule has 0 heterocycles. The van der Waals surface area contributed by atoms with E-state index in [1.807, 2.05) is 19.1 Å². The maximum Gasteiger partial charge on any atom is 0.122 e. The molecule has 0 saturated heterocycles. The Balaban J connectivity index is 2.30. The minimum absolute atomic E-state index is 0.138. The van der Waals surface area contributed by atoms with Crippen molar-refractivity contribution >= 4 is 0 Å². The van der Waals surface area contributed by atoms with Crippen molar-refractivity contribution in [2.75, 3.05) is 0 Å². The van der Waals surface area contributed by atoms with Crippen molar-refractivity contribution in [3.8, 4) is 11.5 Å². The first-order valence-corrected chi connectivity index (χ1v) is 6.19. The van der Waals surface area contributed by atoms with Crippen LogP contribution in [0.15, 0.2) is 36.4 Å². The lowest BCUT2D eigenvalue weighted by atomic mass is 9.99. The predicted molar refractivity (Wildman–Crippen MR) is 73.1 cm³/mol. The average Bonchev–Trinajstić information content (AvgIpc) is 2.36. The highest BCUT2D eigenvalue weighted by Crippen LogP contribution is 2.28. The first-order valence-electron chi connectivity index (χ1n) is 6.19. The van der Waals surface area contributed by atoms with Gasteiger partial charge >= 0.3 is 0 Å². The molecule has 0 saturated carbocycles. The summed E-state index contributed by atoms with van der Waals surface area (Å²) in [5, 5.41) is 19.4. The van der Waals surface area contributed by atoms with E-state index in [2.05, 4.69) is 25.1 Å². The van der Waals surface area contributed by atoms with E-state index in [4.69, 9.17) is 0 Å². The van der Waals surface area contributed by atoms with E-state index < -0.39 is 0 Å². The van der Waals surface area contributed by atoms with Crippen LogP contribution < -0.4 is 0 Å². The fraction of sp³-hybridized carbons (Fsp3) is 0.250. The zero-order valence-corrected chi connectivity index (χ0v) is 10.8. The molecule has 0 unspecified atom stereocenters. The fourth-order valence-electron chi connectivity index (χ4n) is 2.07. The van der Waals surface area contributed by atoms with Gasteiger partial charge in [-0.05, 0) is 41.7 Å². The lowest BCUT2D eigenvalue weighted by molar-refractivity contribution is 0.444. The van der Waals surface area contributed by atoms with Gasteiger partial charge in [0.25, 0.3) is 0 Å². The number of aryl methyl sites for hydroxylation is 2. The molecule has 2 nitrogen and oxygen atoms in total. The molecule has 0 amide bonds. The van der Waals surface area contributed by atoms with Crippen LogP contribution in [-0.2, 0) is 12.8 Å². The molecule has 18 heavy (non-hydrogen) atoms. The third kappa shape index (κ3) is 2.65. The average molecular weight is 242 g/mol. The van der Waals surface area contributed by atoms with Crippen LogP contribution in [0.3, 0.4) is 0 Å². The molecule has 0 aliphatic carbocycles. The number of benzene rings is 2. The molecule has 94 valence electrons. The van der Waals surface area contributed by atoms with E-state index in [0.29, 0.717) is 6.42 Å². The monoisotopic (exact) mass is 242 g/mol. The van der Waals surface area contributed by atoms with Gasteiger partial charge in [0.1, 0.15) is 11.5 Å². The molecule has 0 spiro atoms. The fourth-order valence-corrected chi connectivity index (χ4v) is 2.07. The summed E-state index contributed by atoms with van der Waals surface area (Å²) in [5.74, 6) is 0.290. The van der Waals surface area contributed by atoms with Crippen LogP contribution in [0.2, 0.25) is 0 Å². The highest BCUT2D eigenvalue weighted by molar-refractivity contribution is 5.46. The van der Waals surface area contributed by atoms with Crippen LogP contribution in [-0.4, -0.2) is 10.2 Å². The van der Waals surface area contributed by atoms with Crippen LogP contribution >= 0.6 is 0 Å². The molecular formula is C16H18O2. The standard InChI is InChI=1S/C16H18O2/c1-3-12-5-4-6-13(8-12)9-14-7-11(2)15(17)10-16(14)18/h4-8,10,17-18H,3,9H2,1-2H3. The van der Waals surface area contributed by atoms with Gasteiger partial charge in [0.2, 0.25) is 0 Å². The summed E-state index contributed by atoms with van der Waals surface area (Å²) in [4.78, 5) is 0. The van der Waals surface area contributed by atoms with Crippen molar-refractivity contribution in [2.24, 2.45) is 0 Å². The zero-order chi connectivity index (χ0) is 13.1. The summed E-state index contributed by atoms with van der Waals surface area (Å²) in [6.45, 7) is 3.96. The Bertz CT molecular complexity index is 559. The topological polar surface area (TPSA) is 40.5 Å². The minimum Gasteiger partial charge on any atom is -0.508 e. The molecule has 0 aliphatic heterocycles. The van der Waals surface area contributed by atoms with Gasteiger partial charge in [-0.3, -0.25) is 0 Å². The summed E-state index contributed by atoms with van der Waals surface area (Å²) in [5.41, 5.74) is 4.10. The Hall–Kier alpha value is -1.96. The van der Waals surface area contributed by atoms with Gasteiger partial charge in [0.15, 0.2) is 0 Å². The van der Waals surface area contributed by atoms with Crippen molar-refractivity contribution in [1.82, 2.24) is 0 Å². The first kappa shape index (κ1) is 12.5. The number of hydrogen-bond acceptors (Lipinski definition) is 2. The van der Waals surface area contributed by atoms with Crippen molar-refractivity contribution in [2.45, 2.75) is 26.7 Å². The summed E-state index contributed by atoms with van der Waals surface area (Å²) in [7, 11) is 0. The van der Waals surface area contributed by atoms with Gasteiger partial charge in [-0.15, -0.1) is 0 Å². The Morgan fingerprint density at radius 1 is 0.944 bits per heavy atom. The second kappa shape index (κ2) is 5.13. The van der Waals surface area contributed by atoms with Gasteiger partial charge in [0, 0.05) is 12.5 Å². The van der Waals surface area contributed by atoms with Gasteiger partial charge in [-0.1, -0.05) is 31.2 Å². The molecule has 2 N–H and O–H groups in total. The second-order valence-electron chi connectivity index (χ2n) is 4.62. The van der Waals surface area contributed by atoms with Crippen molar-refractivity contribution in [1.29, 1.82) is 0 Å². The van der Waals surface area contributed by atoms with E-state index in [-0.39, 0.29) is 11.5 Å². The van der Waals surface area contributed by atoms with Crippen LogP contribution in [0.5, 0.6) is 11.5 Å². The lowest BCUT2D eigenvalue weighted by Gasteiger charge is -2.08. The van der Waals surface area contributed by atoms with E-state index >= 15 is 0 Å². The van der Waals surface area contributed by atoms with Crippen molar-refractivity contribution in [3.63, 3.8) is 0 Å². The number of hydrogen-bond donors (Lipinski definition) is 2. The van der Waals surface area contributed by atoms with E-state index in [9.17, 15) is 10.2 Å². The van der Waals surface area contributed by atoms with Crippen LogP contribution in [0.1, 0.15) is 29.2 Å². The van der Waals surface area contributed by atoms with E-state index in [1.54, 1.807) is 0 Å². The predicted octanol–water partition coefficient (Wildman–Crippen LogP) is 3.56. The highest BCUT2D eigenvalue weighted by atomic mass is 16.3. The van der Waals surface area contributed by atoms with Gasteiger partial charge < -0.3 is 10.2 Å². The molecule has 2 rings (SSSR count). The molecule has 0 aliphatic rings. The van der Waals surface area contributed by atoms with Gasteiger partial charge in [0.05, 0.1) is 0 Å². The summed E-state index contributed by atoms with van der Waals surface area (Å²) >= 11 is 0.